The van der Waals surface area contributed by atoms with Crippen LogP contribution in [-0.4, -0.2) is 48.5 Å². The lowest BCUT2D eigenvalue weighted by atomic mass is 10.1. The van der Waals surface area contributed by atoms with Gasteiger partial charge in [0.25, 0.3) is 0 Å². The molecule has 2 N–H and O–H groups in total. The Bertz CT molecular complexity index is 591. The Balaban J connectivity index is 2.90. The Hall–Kier alpha value is -2.28. The summed E-state index contributed by atoms with van der Waals surface area (Å²) in [6, 6.07) is 3.16. The van der Waals surface area contributed by atoms with Gasteiger partial charge in [0.2, 0.25) is 11.8 Å². The lowest BCUT2D eigenvalue weighted by Gasteiger charge is -2.19. The number of nitrogens with zero attached hydrogens (tertiary/aromatic N) is 1. The SMILES string of the molecule is COc1ccc(C(NC(=O)CN(C)C(C)=O)C(=O)O)cc1Cl. The molecule has 0 radical (unpaired) electrons. The minimum Gasteiger partial charge on any atom is -0.495 e. The molecule has 0 aliphatic carbocycles. The van der Waals surface area contributed by atoms with E-state index >= 15 is 0 Å². The molecule has 1 rings (SSSR count). The van der Waals surface area contributed by atoms with Crippen molar-refractivity contribution in [1.29, 1.82) is 0 Å². The number of likely N-dealkylation sites (N-methyl/N-ethyl adjacent to an activating group) is 1. The highest BCUT2D eigenvalue weighted by Crippen LogP contribution is 2.27. The van der Waals surface area contributed by atoms with Gasteiger partial charge in [-0.3, -0.25) is 9.59 Å². The van der Waals surface area contributed by atoms with Crippen molar-refractivity contribution in [3.8, 4) is 5.75 Å². The molecule has 2 amide bonds. The van der Waals surface area contributed by atoms with Crippen LogP contribution in [-0.2, 0) is 14.4 Å². The number of carboxylic acid groups (broad SMARTS) is 1. The molecule has 1 unspecified atom stereocenters. The lowest BCUT2D eigenvalue weighted by Crippen LogP contribution is -2.41. The van der Waals surface area contributed by atoms with Gasteiger partial charge in [-0.25, -0.2) is 4.79 Å². The van der Waals surface area contributed by atoms with Gasteiger partial charge >= 0.3 is 5.97 Å². The lowest BCUT2D eigenvalue weighted by molar-refractivity contribution is -0.142. The van der Waals surface area contributed by atoms with Gasteiger partial charge in [0.15, 0.2) is 6.04 Å². The van der Waals surface area contributed by atoms with E-state index in [4.69, 9.17) is 16.3 Å². The maximum Gasteiger partial charge on any atom is 0.330 e. The van der Waals surface area contributed by atoms with Crippen LogP contribution >= 0.6 is 11.6 Å². The first kappa shape index (κ1) is 17.8. The van der Waals surface area contributed by atoms with Crippen molar-refractivity contribution in [1.82, 2.24) is 10.2 Å². The van der Waals surface area contributed by atoms with Crippen LogP contribution in [0.4, 0.5) is 0 Å². The molecule has 22 heavy (non-hydrogen) atoms. The number of carbonyl (C=O) groups is 3. The van der Waals surface area contributed by atoms with E-state index in [9.17, 15) is 19.5 Å². The van der Waals surface area contributed by atoms with Gasteiger partial charge in [0.1, 0.15) is 5.75 Å². The summed E-state index contributed by atoms with van der Waals surface area (Å²) in [5.74, 6) is -1.72. The molecular formula is C14H17ClN2O5. The molecule has 0 fully saturated rings. The number of aliphatic carboxylic acids is 1. The van der Waals surface area contributed by atoms with Crippen LogP contribution in [0.15, 0.2) is 18.2 Å². The zero-order chi connectivity index (χ0) is 16.9. The molecule has 0 spiro atoms. The number of halogens is 1. The molecule has 0 aromatic heterocycles. The minimum atomic E-state index is -1.27. The monoisotopic (exact) mass is 328 g/mol. The average molecular weight is 329 g/mol. The predicted octanol–water partition coefficient (Wildman–Crippen LogP) is 1.07. The zero-order valence-corrected chi connectivity index (χ0v) is 13.2. The maximum atomic E-state index is 11.8. The molecule has 1 aromatic carbocycles. The summed E-state index contributed by atoms with van der Waals surface area (Å²) in [7, 11) is 2.89. The fraction of sp³-hybridized carbons (Fsp3) is 0.357. The van der Waals surface area contributed by atoms with Crippen LogP contribution in [0.25, 0.3) is 0 Å². The van der Waals surface area contributed by atoms with Crippen molar-refractivity contribution in [2.45, 2.75) is 13.0 Å². The molecule has 0 bridgehead atoms. The van der Waals surface area contributed by atoms with Crippen molar-refractivity contribution < 1.29 is 24.2 Å². The van der Waals surface area contributed by atoms with Crippen molar-refractivity contribution in [3.05, 3.63) is 28.8 Å². The average Bonchev–Trinajstić information content (AvgIpc) is 2.44. The summed E-state index contributed by atoms with van der Waals surface area (Å²) >= 11 is 5.96. The van der Waals surface area contributed by atoms with E-state index in [0.29, 0.717) is 11.3 Å². The van der Waals surface area contributed by atoms with Crippen LogP contribution in [0.5, 0.6) is 5.75 Å². The van der Waals surface area contributed by atoms with Gasteiger partial charge in [-0.1, -0.05) is 17.7 Å². The molecule has 1 aromatic rings. The molecular weight excluding hydrogens is 312 g/mol. The molecule has 8 heteroatoms. The van der Waals surface area contributed by atoms with Crippen molar-refractivity contribution >= 4 is 29.4 Å². The number of benzene rings is 1. The minimum absolute atomic E-state index is 0.233. The van der Waals surface area contributed by atoms with Gasteiger partial charge in [0.05, 0.1) is 18.7 Å². The number of hydrogen-bond donors (Lipinski definition) is 2. The third-order valence-electron chi connectivity index (χ3n) is 2.98. The normalized spacial score (nSPS) is 11.5. The van der Waals surface area contributed by atoms with E-state index in [1.54, 1.807) is 0 Å². The molecule has 7 nitrogen and oxygen atoms in total. The fourth-order valence-electron chi connectivity index (χ4n) is 1.68. The zero-order valence-electron chi connectivity index (χ0n) is 12.4. The van der Waals surface area contributed by atoms with Gasteiger partial charge < -0.3 is 20.1 Å². The quantitative estimate of drug-likeness (QED) is 0.814. The molecule has 120 valence electrons. The number of carboxylic acids is 1. The first-order chi connectivity index (χ1) is 10.3. The second-order valence-corrected chi connectivity index (χ2v) is 5.02. The number of methoxy groups -OCH3 is 1. The Morgan fingerprint density at radius 1 is 1.41 bits per heavy atom. The second kappa shape index (κ2) is 7.65. The Labute approximate surface area is 132 Å². The first-order valence-electron chi connectivity index (χ1n) is 6.33. The van der Waals surface area contributed by atoms with E-state index in [-0.39, 0.29) is 17.5 Å². The Kier molecular flexibility index (Phi) is 6.18. The van der Waals surface area contributed by atoms with Gasteiger partial charge in [-0.2, -0.15) is 0 Å². The summed E-state index contributed by atoms with van der Waals surface area (Å²) in [5.41, 5.74) is 0.303. The molecule has 1 atom stereocenters. The van der Waals surface area contributed by atoms with Crippen molar-refractivity contribution in [2.75, 3.05) is 20.7 Å². The predicted molar refractivity (Wildman–Crippen MR) is 79.8 cm³/mol. The van der Waals surface area contributed by atoms with E-state index in [2.05, 4.69) is 5.32 Å². The molecule has 0 aliphatic rings. The molecule has 0 heterocycles. The van der Waals surface area contributed by atoms with Gasteiger partial charge in [-0.05, 0) is 17.7 Å². The smallest absolute Gasteiger partial charge is 0.330 e. The molecule has 0 aliphatic heterocycles. The summed E-state index contributed by atoms with van der Waals surface area (Å²) in [6.07, 6.45) is 0. The summed E-state index contributed by atoms with van der Waals surface area (Å²) < 4.78 is 4.99. The molecule has 0 saturated heterocycles. The largest absolute Gasteiger partial charge is 0.495 e. The third kappa shape index (κ3) is 4.63. The Morgan fingerprint density at radius 2 is 2.05 bits per heavy atom. The van der Waals surface area contributed by atoms with Gasteiger partial charge in [0, 0.05) is 14.0 Å². The number of nitrogens with one attached hydrogen (secondary N) is 1. The van der Waals surface area contributed by atoms with E-state index < -0.39 is 17.9 Å². The highest BCUT2D eigenvalue weighted by molar-refractivity contribution is 6.32. The highest BCUT2D eigenvalue weighted by atomic mass is 35.5. The standard InChI is InChI=1S/C14H17ClN2O5/c1-8(18)17(2)7-12(19)16-13(14(20)21)9-4-5-11(22-3)10(15)6-9/h4-6,13H,7H2,1-3H3,(H,16,19)(H,20,21). The first-order valence-corrected chi connectivity index (χ1v) is 6.71. The second-order valence-electron chi connectivity index (χ2n) is 4.61. The van der Waals surface area contributed by atoms with Crippen LogP contribution in [0.2, 0.25) is 5.02 Å². The highest BCUT2D eigenvalue weighted by Gasteiger charge is 2.23. The van der Waals surface area contributed by atoms with E-state index in [0.717, 1.165) is 0 Å². The van der Waals surface area contributed by atoms with Crippen LogP contribution in [0, 0.1) is 0 Å². The van der Waals surface area contributed by atoms with Crippen molar-refractivity contribution in [3.63, 3.8) is 0 Å². The third-order valence-corrected chi connectivity index (χ3v) is 3.28. The van der Waals surface area contributed by atoms with Gasteiger partial charge in [-0.15, -0.1) is 0 Å². The fourth-order valence-corrected chi connectivity index (χ4v) is 1.95. The topological polar surface area (TPSA) is 95.9 Å². The summed E-state index contributed by atoms with van der Waals surface area (Å²) in [6.45, 7) is 1.08. The van der Waals surface area contributed by atoms with Crippen LogP contribution < -0.4 is 10.1 Å². The summed E-state index contributed by atoms with van der Waals surface area (Å²) in [5, 5.41) is 11.9. The Morgan fingerprint density at radius 3 is 2.50 bits per heavy atom. The number of ether oxygens (including phenoxy) is 1. The number of rotatable bonds is 6. The molecule has 0 saturated carbocycles. The number of amides is 2. The van der Waals surface area contributed by atoms with Crippen molar-refractivity contribution in [2.24, 2.45) is 0 Å². The maximum absolute atomic E-state index is 11.8. The summed E-state index contributed by atoms with van der Waals surface area (Å²) in [4.78, 5) is 35.4. The number of carbonyl (C=O) groups excluding carboxylic acids is 2. The number of hydrogen-bond acceptors (Lipinski definition) is 4. The van der Waals surface area contributed by atoms with Crippen LogP contribution in [0.1, 0.15) is 18.5 Å². The van der Waals surface area contributed by atoms with E-state index in [1.807, 2.05) is 0 Å². The van der Waals surface area contributed by atoms with Crippen LogP contribution in [0.3, 0.4) is 0 Å². The van der Waals surface area contributed by atoms with E-state index in [1.165, 1.54) is 44.2 Å².